The summed E-state index contributed by atoms with van der Waals surface area (Å²) in [6, 6.07) is 10.2. The van der Waals surface area contributed by atoms with E-state index in [1.807, 2.05) is 12.1 Å². The Balaban J connectivity index is 0.00000312. The number of rotatable bonds is 6. The highest BCUT2D eigenvalue weighted by Crippen LogP contribution is 2.37. The van der Waals surface area contributed by atoms with Crippen molar-refractivity contribution in [2.45, 2.75) is 39.5 Å². The average Bonchev–Trinajstić information content (AvgIpc) is 2.52. The summed E-state index contributed by atoms with van der Waals surface area (Å²) < 4.78 is 25.1. The molecule has 25 heavy (non-hydrogen) atoms. The molecule has 0 aromatic heterocycles. The lowest BCUT2D eigenvalue weighted by Gasteiger charge is -2.21. The summed E-state index contributed by atoms with van der Waals surface area (Å²) in [6.07, 6.45) is 0. The zero-order valence-corrected chi connectivity index (χ0v) is 17.3. The third-order valence-electron chi connectivity index (χ3n) is 3.41. The quantitative estimate of drug-likeness (QED) is 0.655. The van der Waals surface area contributed by atoms with E-state index in [2.05, 4.69) is 42.0 Å². The number of methoxy groups -OCH3 is 1. The molecule has 0 saturated carbocycles. The molecule has 0 aliphatic heterocycles. The van der Waals surface area contributed by atoms with Crippen LogP contribution in [0.1, 0.15) is 31.9 Å². The van der Waals surface area contributed by atoms with E-state index in [4.69, 9.17) is 9.47 Å². The molecule has 1 N–H and O–H groups in total. The lowest BCUT2D eigenvalue weighted by atomic mass is 10.1. The first-order valence-corrected chi connectivity index (χ1v) is 8.56. The molecule has 2 rings (SSSR count). The van der Waals surface area contributed by atoms with Gasteiger partial charge in [0.25, 0.3) is 0 Å². The number of nitrogens with one attached hydrogen (secondary N) is 1. The molecule has 0 amide bonds. The molecule has 0 bridgehead atoms. The van der Waals surface area contributed by atoms with Crippen molar-refractivity contribution in [3.05, 3.63) is 57.8 Å². The fraction of sp³-hybridized carbons (Fsp3) is 0.368. The van der Waals surface area contributed by atoms with Crippen LogP contribution in [0.15, 0.2) is 40.9 Å². The maximum Gasteiger partial charge on any atom is 0.175 e. The summed E-state index contributed by atoms with van der Waals surface area (Å²) in [6.45, 7) is 7.45. The summed E-state index contributed by atoms with van der Waals surface area (Å²) in [5.41, 5.74) is 2.03. The van der Waals surface area contributed by atoms with Gasteiger partial charge in [0.1, 0.15) is 12.4 Å². The summed E-state index contributed by atoms with van der Waals surface area (Å²) in [5, 5.41) is 3.45. The van der Waals surface area contributed by atoms with Crippen LogP contribution in [0.2, 0.25) is 0 Å². The molecule has 138 valence electrons. The third-order valence-corrected chi connectivity index (χ3v) is 4.00. The van der Waals surface area contributed by atoms with Crippen LogP contribution >= 0.6 is 28.3 Å². The van der Waals surface area contributed by atoms with Crippen LogP contribution in [-0.4, -0.2) is 12.6 Å². The molecule has 0 spiro atoms. The molecule has 2 aromatic carbocycles. The van der Waals surface area contributed by atoms with E-state index in [0.29, 0.717) is 18.1 Å². The Morgan fingerprint density at radius 2 is 1.72 bits per heavy atom. The minimum absolute atomic E-state index is 0. The SMILES string of the molecule is COc1cc(CNC(C)(C)C)cc(Br)c1OCc1ccc(F)cc1.Cl. The fourth-order valence-corrected chi connectivity index (χ4v) is 2.72. The largest absolute Gasteiger partial charge is 0.493 e. The average molecular weight is 433 g/mol. The molecule has 0 heterocycles. The Hall–Kier alpha value is -1.30. The standard InChI is InChI=1S/C19H23BrFNO2.ClH/c1-19(2,3)22-11-14-9-16(20)18(17(10-14)23-4)24-12-13-5-7-15(21)8-6-13;/h5-10,22H,11-12H2,1-4H3;1H. The summed E-state index contributed by atoms with van der Waals surface area (Å²) >= 11 is 3.55. The van der Waals surface area contributed by atoms with Crippen molar-refractivity contribution in [1.29, 1.82) is 0 Å². The normalized spacial score (nSPS) is 11.0. The number of hydrogen-bond acceptors (Lipinski definition) is 3. The Labute approximate surface area is 163 Å². The number of benzene rings is 2. The van der Waals surface area contributed by atoms with Crippen LogP contribution in [0.5, 0.6) is 11.5 Å². The third kappa shape index (κ3) is 6.84. The maximum atomic E-state index is 13.0. The zero-order chi connectivity index (χ0) is 17.7. The first-order valence-electron chi connectivity index (χ1n) is 7.77. The lowest BCUT2D eigenvalue weighted by Crippen LogP contribution is -2.35. The van der Waals surface area contributed by atoms with E-state index >= 15 is 0 Å². The van der Waals surface area contributed by atoms with Gasteiger partial charge in [-0.1, -0.05) is 12.1 Å². The molecular weight excluding hydrogens is 409 g/mol. The van der Waals surface area contributed by atoms with Crippen LogP contribution in [0.4, 0.5) is 4.39 Å². The van der Waals surface area contributed by atoms with Crippen molar-refractivity contribution in [2.75, 3.05) is 7.11 Å². The highest BCUT2D eigenvalue weighted by molar-refractivity contribution is 9.10. The summed E-state index contributed by atoms with van der Waals surface area (Å²) in [7, 11) is 1.62. The number of halogens is 3. The van der Waals surface area contributed by atoms with E-state index in [1.54, 1.807) is 19.2 Å². The monoisotopic (exact) mass is 431 g/mol. The molecule has 0 aliphatic carbocycles. The highest BCUT2D eigenvalue weighted by Gasteiger charge is 2.14. The molecule has 0 atom stereocenters. The minimum Gasteiger partial charge on any atom is -0.493 e. The maximum absolute atomic E-state index is 13.0. The topological polar surface area (TPSA) is 30.5 Å². The van der Waals surface area contributed by atoms with Crippen LogP contribution in [0, 0.1) is 5.82 Å². The van der Waals surface area contributed by atoms with Crippen molar-refractivity contribution in [1.82, 2.24) is 5.32 Å². The Kier molecular flexibility index (Phi) is 8.19. The first-order chi connectivity index (χ1) is 11.3. The molecule has 0 radical (unpaired) electrons. The van der Waals surface area contributed by atoms with Crippen molar-refractivity contribution in [2.24, 2.45) is 0 Å². The van der Waals surface area contributed by atoms with Crippen molar-refractivity contribution in [3.63, 3.8) is 0 Å². The smallest absolute Gasteiger partial charge is 0.175 e. The fourth-order valence-electron chi connectivity index (χ4n) is 2.12. The Bertz CT molecular complexity index is 687. The Morgan fingerprint density at radius 1 is 1.08 bits per heavy atom. The second kappa shape index (κ2) is 9.41. The lowest BCUT2D eigenvalue weighted by molar-refractivity contribution is 0.282. The number of ether oxygens (including phenoxy) is 2. The van der Waals surface area contributed by atoms with Crippen molar-refractivity contribution < 1.29 is 13.9 Å². The van der Waals surface area contributed by atoms with Crippen LogP contribution in [0.25, 0.3) is 0 Å². The molecule has 3 nitrogen and oxygen atoms in total. The van der Waals surface area contributed by atoms with Gasteiger partial charge in [-0.25, -0.2) is 4.39 Å². The van der Waals surface area contributed by atoms with E-state index in [-0.39, 0.29) is 23.8 Å². The molecule has 0 unspecified atom stereocenters. The minimum atomic E-state index is -0.256. The Morgan fingerprint density at radius 3 is 2.28 bits per heavy atom. The van der Waals surface area contributed by atoms with Gasteiger partial charge in [-0.05, 0) is 72.1 Å². The van der Waals surface area contributed by atoms with Crippen LogP contribution in [-0.2, 0) is 13.2 Å². The number of hydrogen-bond donors (Lipinski definition) is 1. The van der Waals surface area contributed by atoms with Gasteiger partial charge in [-0.2, -0.15) is 0 Å². The predicted octanol–water partition coefficient (Wildman–Crippen LogP) is 5.49. The second-order valence-electron chi connectivity index (χ2n) is 6.63. The first kappa shape index (κ1) is 21.7. The summed E-state index contributed by atoms with van der Waals surface area (Å²) in [4.78, 5) is 0. The highest BCUT2D eigenvalue weighted by atomic mass is 79.9. The van der Waals surface area contributed by atoms with E-state index in [0.717, 1.165) is 22.1 Å². The van der Waals surface area contributed by atoms with Gasteiger partial charge in [0.15, 0.2) is 11.5 Å². The van der Waals surface area contributed by atoms with Gasteiger partial charge < -0.3 is 14.8 Å². The van der Waals surface area contributed by atoms with Gasteiger partial charge in [0.2, 0.25) is 0 Å². The second-order valence-corrected chi connectivity index (χ2v) is 7.48. The van der Waals surface area contributed by atoms with Crippen molar-refractivity contribution in [3.8, 4) is 11.5 Å². The molecule has 0 fully saturated rings. The van der Waals surface area contributed by atoms with E-state index in [9.17, 15) is 4.39 Å². The van der Waals surface area contributed by atoms with Crippen molar-refractivity contribution >= 4 is 28.3 Å². The van der Waals surface area contributed by atoms with Crippen LogP contribution < -0.4 is 14.8 Å². The van der Waals surface area contributed by atoms with Gasteiger partial charge in [0, 0.05) is 12.1 Å². The molecule has 6 heteroatoms. The van der Waals surface area contributed by atoms with E-state index in [1.165, 1.54) is 12.1 Å². The predicted molar refractivity (Wildman–Crippen MR) is 105 cm³/mol. The van der Waals surface area contributed by atoms with Gasteiger partial charge in [-0.15, -0.1) is 12.4 Å². The summed E-state index contributed by atoms with van der Waals surface area (Å²) in [5.74, 6) is 1.05. The molecule has 0 aliphatic rings. The molecule has 0 saturated heterocycles. The molecular formula is C19H24BrClFNO2. The van der Waals surface area contributed by atoms with Gasteiger partial charge >= 0.3 is 0 Å². The zero-order valence-electron chi connectivity index (χ0n) is 14.9. The van der Waals surface area contributed by atoms with Gasteiger partial charge in [0.05, 0.1) is 11.6 Å². The van der Waals surface area contributed by atoms with E-state index < -0.39 is 0 Å². The molecule has 2 aromatic rings. The van der Waals surface area contributed by atoms with Crippen LogP contribution in [0.3, 0.4) is 0 Å². The van der Waals surface area contributed by atoms with Gasteiger partial charge in [-0.3, -0.25) is 0 Å².